The summed E-state index contributed by atoms with van der Waals surface area (Å²) in [5.41, 5.74) is -0.249. The quantitative estimate of drug-likeness (QED) is 0.846. The van der Waals surface area contributed by atoms with E-state index in [4.69, 9.17) is 14.2 Å². The molecule has 0 saturated carbocycles. The third-order valence-corrected chi connectivity index (χ3v) is 2.78. The summed E-state index contributed by atoms with van der Waals surface area (Å²) in [5.74, 6) is -0.279. The number of anilines is 1. The number of aromatic carboxylic acids is 1. The maximum atomic E-state index is 11.4. The highest BCUT2D eigenvalue weighted by molar-refractivity contribution is 5.89. The second-order valence-corrected chi connectivity index (χ2v) is 4.55. The number of aromatic nitrogens is 3. The van der Waals surface area contributed by atoms with Crippen molar-refractivity contribution in [1.82, 2.24) is 15.0 Å². The van der Waals surface area contributed by atoms with Crippen LogP contribution in [-0.4, -0.2) is 54.3 Å². The minimum atomic E-state index is -1.22. The molecule has 2 aromatic rings. The molecule has 0 spiro atoms. The number of nitrogens with zero attached hydrogens (tertiary/aromatic N) is 4. The number of pyridine rings is 1. The standard InChI is InChI=1S/C14H16N4O5/c1-18(2)9-6-5-8(12(15-9)13(19)20)23-14-16-10(21-3)7-11(17-14)22-4/h5-7H,1-4H3,(H,19,20). The van der Waals surface area contributed by atoms with Crippen molar-refractivity contribution in [2.24, 2.45) is 0 Å². The van der Waals surface area contributed by atoms with E-state index < -0.39 is 5.97 Å². The van der Waals surface area contributed by atoms with Crippen molar-refractivity contribution in [3.8, 4) is 23.5 Å². The van der Waals surface area contributed by atoms with E-state index in [2.05, 4.69) is 15.0 Å². The summed E-state index contributed by atoms with van der Waals surface area (Å²) in [6.45, 7) is 0. The fourth-order valence-corrected chi connectivity index (χ4v) is 1.66. The summed E-state index contributed by atoms with van der Waals surface area (Å²) in [5, 5.41) is 9.30. The van der Waals surface area contributed by atoms with Gasteiger partial charge in [0.1, 0.15) is 5.82 Å². The van der Waals surface area contributed by atoms with Gasteiger partial charge in [-0.2, -0.15) is 9.97 Å². The van der Waals surface area contributed by atoms with Crippen molar-refractivity contribution in [2.45, 2.75) is 0 Å². The largest absolute Gasteiger partial charge is 0.481 e. The molecule has 2 rings (SSSR count). The van der Waals surface area contributed by atoms with E-state index in [0.717, 1.165) is 0 Å². The van der Waals surface area contributed by atoms with E-state index in [1.807, 2.05) is 0 Å². The van der Waals surface area contributed by atoms with Crippen LogP contribution in [0, 0.1) is 0 Å². The van der Waals surface area contributed by atoms with E-state index in [9.17, 15) is 9.90 Å². The van der Waals surface area contributed by atoms with Gasteiger partial charge in [0.2, 0.25) is 11.8 Å². The van der Waals surface area contributed by atoms with E-state index in [1.54, 1.807) is 25.1 Å². The lowest BCUT2D eigenvalue weighted by Crippen LogP contribution is -2.13. The number of hydrogen-bond donors (Lipinski definition) is 1. The van der Waals surface area contributed by atoms with Crippen LogP contribution >= 0.6 is 0 Å². The van der Waals surface area contributed by atoms with Gasteiger partial charge in [0.15, 0.2) is 11.4 Å². The van der Waals surface area contributed by atoms with Gasteiger partial charge in [0, 0.05) is 14.1 Å². The Bertz CT molecular complexity index is 698. The molecular formula is C14H16N4O5. The van der Waals surface area contributed by atoms with Gasteiger partial charge in [0.25, 0.3) is 0 Å². The molecule has 9 heteroatoms. The minimum absolute atomic E-state index is 0.0124. The summed E-state index contributed by atoms with van der Waals surface area (Å²) >= 11 is 0. The predicted molar refractivity (Wildman–Crippen MR) is 80.7 cm³/mol. The number of carboxylic acids is 1. The highest BCUT2D eigenvalue weighted by Crippen LogP contribution is 2.27. The van der Waals surface area contributed by atoms with E-state index in [1.165, 1.54) is 26.4 Å². The summed E-state index contributed by atoms with van der Waals surface area (Å²) in [4.78, 5) is 25.1. The summed E-state index contributed by atoms with van der Waals surface area (Å²) in [6, 6.07) is 4.47. The van der Waals surface area contributed by atoms with Crippen molar-refractivity contribution >= 4 is 11.8 Å². The Hall–Kier alpha value is -3.10. The highest BCUT2D eigenvalue weighted by Gasteiger charge is 2.18. The van der Waals surface area contributed by atoms with Crippen LogP contribution in [0.25, 0.3) is 0 Å². The first-order chi connectivity index (χ1) is 10.9. The topological polar surface area (TPSA) is 107 Å². The Kier molecular flexibility index (Phi) is 4.79. The predicted octanol–water partition coefficient (Wildman–Crippen LogP) is 1.45. The molecular weight excluding hydrogens is 304 g/mol. The van der Waals surface area contributed by atoms with Gasteiger partial charge in [-0.05, 0) is 12.1 Å². The Morgan fingerprint density at radius 3 is 2.17 bits per heavy atom. The third kappa shape index (κ3) is 3.76. The molecule has 0 aromatic carbocycles. The number of hydrogen-bond acceptors (Lipinski definition) is 8. The number of carboxylic acid groups (broad SMARTS) is 1. The van der Waals surface area contributed by atoms with Crippen molar-refractivity contribution in [1.29, 1.82) is 0 Å². The number of ether oxygens (including phenoxy) is 3. The Morgan fingerprint density at radius 2 is 1.70 bits per heavy atom. The molecule has 0 radical (unpaired) electrons. The molecule has 1 N–H and O–H groups in total. The summed E-state index contributed by atoms with van der Waals surface area (Å²) in [7, 11) is 6.37. The zero-order valence-corrected chi connectivity index (χ0v) is 13.1. The van der Waals surface area contributed by atoms with Gasteiger partial charge >= 0.3 is 12.0 Å². The number of rotatable bonds is 6. The van der Waals surface area contributed by atoms with Crippen molar-refractivity contribution in [3.05, 3.63) is 23.9 Å². The first-order valence-corrected chi connectivity index (χ1v) is 6.51. The van der Waals surface area contributed by atoms with E-state index in [0.29, 0.717) is 5.82 Å². The Balaban J connectivity index is 2.41. The normalized spacial score (nSPS) is 10.1. The molecule has 2 heterocycles. The molecule has 0 fully saturated rings. The zero-order chi connectivity index (χ0) is 17.0. The van der Waals surface area contributed by atoms with Crippen molar-refractivity contribution < 1.29 is 24.1 Å². The van der Waals surface area contributed by atoms with Gasteiger partial charge in [-0.15, -0.1) is 0 Å². The molecule has 0 atom stereocenters. The SMILES string of the molecule is COc1cc(OC)nc(Oc2ccc(N(C)C)nc2C(=O)O)n1. The summed E-state index contributed by atoms with van der Waals surface area (Å²) in [6.07, 6.45) is 0. The number of methoxy groups -OCH3 is 2. The molecule has 0 aliphatic heterocycles. The molecule has 0 bridgehead atoms. The first kappa shape index (κ1) is 16.3. The third-order valence-electron chi connectivity index (χ3n) is 2.78. The van der Waals surface area contributed by atoms with Crippen LogP contribution in [0.3, 0.4) is 0 Å². The second-order valence-electron chi connectivity index (χ2n) is 4.55. The fraction of sp³-hybridized carbons (Fsp3) is 0.286. The van der Waals surface area contributed by atoms with Crippen LogP contribution in [0.1, 0.15) is 10.5 Å². The van der Waals surface area contributed by atoms with Crippen molar-refractivity contribution in [3.63, 3.8) is 0 Å². The minimum Gasteiger partial charge on any atom is -0.481 e. The van der Waals surface area contributed by atoms with Crippen LogP contribution in [0.15, 0.2) is 18.2 Å². The van der Waals surface area contributed by atoms with Crippen LogP contribution in [-0.2, 0) is 0 Å². The molecule has 0 amide bonds. The maximum Gasteiger partial charge on any atom is 0.358 e. The lowest BCUT2D eigenvalue weighted by atomic mass is 10.3. The Labute approximate surface area is 132 Å². The maximum absolute atomic E-state index is 11.4. The second kappa shape index (κ2) is 6.77. The lowest BCUT2D eigenvalue weighted by Gasteiger charge is -2.14. The highest BCUT2D eigenvalue weighted by atomic mass is 16.5. The molecule has 0 aliphatic rings. The molecule has 23 heavy (non-hydrogen) atoms. The van der Waals surface area contributed by atoms with Crippen LogP contribution in [0.5, 0.6) is 23.5 Å². The smallest absolute Gasteiger partial charge is 0.358 e. The van der Waals surface area contributed by atoms with Gasteiger partial charge in [-0.1, -0.05) is 0 Å². The van der Waals surface area contributed by atoms with Gasteiger partial charge in [0.05, 0.1) is 20.3 Å². The molecule has 0 unspecified atom stereocenters. The van der Waals surface area contributed by atoms with E-state index >= 15 is 0 Å². The van der Waals surface area contributed by atoms with Gasteiger partial charge in [-0.25, -0.2) is 9.78 Å². The Morgan fingerprint density at radius 1 is 1.09 bits per heavy atom. The average Bonchev–Trinajstić information content (AvgIpc) is 2.54. The molecule has 9 nitrogen and oxygen atoms in total. The van der Waals surface area contributed by atoms with Crippen LogP contribution in [0.2, 0.25) is 0 Å². The molecule has 122 valence electrons. The average molecular weight is 320 g/mol. The van der Waals surface area contributed by atoms with E-state index in [-0.39, 0.29) is 29.2 Å². The summed E-state index contributed by atoms with van der Waals surface area (Å²) < 4.78 is 15.5. The van der Waals surface area contributed by atoms with Crippen LogP contribution < -0.4 is 19.1 Å². The monoisotopic (exact) mass is 320 g/mol. The van der Waals surface area contributed by atoms with Crippen molar-refractivity contribution in [2.75, 3.05) is 33.2 Å². The lowest BCUT2D eigenvalue weighted by molar-refractivity contribution is 0.0687. The van der Waals surface area contributed by atoms with Gasteiger partial charge < -0.3 is 24.2 Å². The zero-order valence-electron chi connectivity index (χ0n) is 13.1. The van der Waals surface area contributed by atoms with Crippen LogP contribution in [0.4, 0.5) is 5.82 Å². The number of carbonyl (C=O) groups is 1. The molecule has 0 saturated heterocycles. The first-order valence-electron chi connectivity index (χ1n) is 6.51. The molecule has 0 aliphatic carbocycles. The molecule has 2 aromatic heterocycles. The van der Waals surface area contributed by atoms with Gasteiger partial charge in [-0.3, -0.25) is 0 Å². The fourth-order valence-electron chi connectivity index (χ4n) is 1.66.